The van der Waals surface area contributed by atoms with Crippen LogP contribution in [0.5, 0.6) is 5.75 Å². The summed E-state index contributed by atoms with van der Waals surface area (Å²) in [5, 5.41) is 10.6. The predicted octanol–water partition coefficient (Wildman–Crippen LogP) is 2.92. The molecule has 3 rings (SSSR count). The number of ether oxygens (including phenoxy) is 1. The molecule has 1 atom stereocenters. The second-order valence-electron chi connectivity index (χ2n) is 6.79. The molecule has 0 spiro atoms. The summed E-state index contributed by atoms with van der Waals surface area (Å²) in [5.74, 6) is 0.703. The van der Waals surface area contributed by atoms with Crippen molar-refractivity contribution in [1.29, 1.82) is 0 Å². The van der Waals surface area contributed by atoms with E-state index in [4.69, 9.17) is 4.74 Å². The van der Waals surface area contributed by atoms with Gasteiger partial charge in [-0.05, 0) is 63.9 Å². The van der Waals surface area contributed by atoms with Crippen molar-refractivity contribution in [2.24, 2.45) is 0 Å². The molecule has 2 heterocycles. The summed E-state index contributed by atoms with van der Waals surface area (Å²) in [5.41, 5.74) is 0.101. The first-order chi connectivity index (χ1) is 11.7. The van der Waals surface area contributed by atoms with E-state index in [2.05, 4.69) is 9.80 Å². The van der Waals surface area contributed by atoms with Gasteiger partial charge in [0.25, 0.3) is 5.69 Å². The Hall–Kier alpha value is -1.66. The number of nitro groups is 1. The van der Waals surface area contributed by atoms with Crippen LogP contribution in [0.4, 0.5) is 5.69 Å². The molecule has 0 radical (unpaired) electrons. The van der Waals surface area contributed by atoms with Crippen LogP contribution in [0.2, 0.25) is 0 Å². The fourth-order valence-corrected chi connectivity index (χ4v) is 3.78. The first kappa shape index (κ1) is 17.2. The average molecular weight is 333 g/mol. The summed E-state index contributed by atoms with van der Waals surface area (Å²) in [6.07, 6.45) is 6.35. The summed E-state index contributed by atoms with van der Waals surface area (Å²) < 4.78 is 5.70. The van der Waals surface area contributed by atoms with Crippen molar-refractivity contribution in [3.63, 3.8) is 0 Å². The van der Waals surface area contributed by atoms with Crippen molar-refractivity contribution in [3.8, 4) is 5.75 Å². The van der Waals surface area contributed by atoms with Crippen molar-refractivity contribution in [2.45, 2.75) is 38.1 Å². The molecule has 24 heavy (non-hydrogen) atoms. The Balaban J connectivity index is 1.36. The first-order valence-corrected chi connectivity index (χ1v) is 9.06. The number of nitrogens with zero attached hydrogens (tertiary/aromatic N) is 3. The van der Waals surface area contributed by atoms with E-state index in [0.717, 1.165) is 19.0 Å². The maximum atomic E-state index is 10.6. The van der Waals surface area contributed by atoms with Gasteiger partial charge in [-0.3, -0.25) is 15.0 Å². The van der Waals surface area contributed by atoms with Crippen LogP contribution >= 0.6 is 0 Å². The third kappa shape index (κ3) is 4.68. The van der Waals surface area contributed by atoms with Gasteiger partial charge in [0, 0.05) is 31.3 Å². The molecule has 0 N–H and O–H groups in total. The minimum Gasteiger partial charge on any atom is -0.494 e. The van der Waals surface area contributed by atoms with E-state index >= 15 is 0 Å². The number of likely N-dealkylation sites (tertiary alicyclic amines) is 2. The van der Waals surface area contributed by atoms with Crippen molar-refractivity contribution >= 4 is 5.69 Å². The molecule has 0 amide bonds. The molecule has 6 nitrogen and oxygen atoms in total. The molecular weight excluding hydrogens is 306 g/mol. The monoisotopic (exact) mass is 333 g/mol. The van der Waals surface area contributed by atoms with Crippen LogP contribution in [-0.2, 0) is 0 Å². The highest BCUT2D eigenvalue weighted by atomic mass is 16.6. The molecule has 2 fully saturated rings. The van der Waals surface area contributed by atoms with Gasteiger partial charge in [0.1, 0.15) is 5.75 Å². The first-order valence-electron chi connectivity index (χ1n) is 9.06. The largest absolute Gasteiger partial charge is 0.494 e. The van der Waals surface area contributed by atoms with E-state index in [1.807, 2.05) is 0 Å². The Morgan fingerprint density at radius 3 is 2.58 bits per heavy atom. The van der Waals surface area contributed by atoms with Gasteiger partial charge in [-0.25, -0.2) is 0 Å². The normalized spacial score (nSPS) is 22.6. The molecule has 1 aromatic rings. The van der Waals surface area contributed by atoms with Gasteiger partial charge in [0.15, 0.2) is 0 Å². The molecule has 2 aliphatic rings. The Labute approximate surface area is 143 Å². The fraction of sp³-hybridized carbons (Fsp3) is 0.667. The van der Waals surface area contributed by atoms with E-state index in [0.29, 0.717) is 12.4 Å². The highest BCUT2D eigenvalue weighted by Gasteiger charge is 2.26. The van der Waals surface area contributed by atoms with Crippen LogP contribution in [0.15, 0.2) is 24.3 Å². The quantitative estimate of drug-likeness (QED) is 0.436. The van der Waals surface area contributed by atoms with Crippen LogP contribution < -0.4 is 4.74 Å². The summed E-state index contributed by atoms with van der Waals surface area (Å²) in [4.78, 5) is 15.5. The zero-order chi connectivity index (χ0) is 16.8. The van der Waals surface area contributed by atoms with Crippen LogP contribution in [0, 0.1) is 10.1 Å². The van der Waals surface area contributed by atoms with E-state index in [9.17, 15) is 10.1 Å². The molecule has 2 aliphatic heterocycles. The predicted molar refractivity (Wildman–Crippen MR) is 93.5 cm³/mol. The molecule has 1 unspecified atom stereocenters. The Morgan fingerprint density at radius 2 is 1.88 bits per heavy atom. The molecule has 2 saturated heterocycles. The van der Waals surface area contributed by atoms with Crippen molar-refractivity contribution < 1.29 is 9.66 Å². The number of non-ortho nitro benzene ring substituents is 1. The average Bonchev–Trinajstić information content (AvgIpc) is 3.14. The van der Waals surface area contributed by atoms with E-state index in [-0.39, 0.29) is 5.69 Å². The number of piperidine rings is 1. The molecule has 0 aromatic heterocycles. The zero-order valence-corrected chi connectivity index (χ0v) is 14.2. The number of rotatable bonds is 7. The van der Waals surface area contributed by atoms with Gasteiger partial charge in [0.2, 0.25) is 0 Å². The fourth-order valence-electron chi connectivity index (χ4n) is 3.78. The molecule has 132 valence electrons. The van der Waals surface area contributed by atoms with Gasteiger partial charge < -0.3 is 9.64 Å². The second-order valence-corrected chi connectivity index (χ2v) is 6.79. The summed E-state index contributed by atoms with van der Waals surface area (Å²) in [7, 11) is 0. The van der Waals surface area contributed by atoms with Crippen LogP contribution in [-0.4, -0.2) is 60.1 Å². The summed E-state index contributed by atoms with van der Waals surface area (Å²) in [6, 6.07) is 7.06. The number of hydrogen-bond acceptors (Lipinski definition) is 5. The van der Waals surface area contributed by atoms with Crippen molar-refractivity contribution in [3.05, 3.63) is 34.4 Å². The third-order valence-corrected chi connectivity index (χ3v) is 5.07. The molecule has 0 bridgehead atoms. The molecule has 0 aliphatic carbocycles. The van der Waals surface area contributed by atoms with Gasteiger partial charge in [0.05, 0.1) is 11.5 Å². The van der Waals surface area contributed by atoms with E-state index < -0.39 is 4.92 Å². The minimum absolute atomic E-state index is 0.101. The Morgan fingerprint density at radius 1 is 1.12 bits per heavy atom. The lowest BCUT2D eigenvalue weighted by molar-refractivity contribution is -0.384. The standard InChI is InChI=1S/C18H27N3O3/c22-21(23)16-6-8-18(9-7-16)24-14-4-11-19-10-3-5-17(15-19)20-12-1-2-13-20/h6-9,17H,1-5,10-15H2. The Kier molecular flexibility index (Phi) is 6.04. The number of hydrogen-bond donors (Lipinski definition) is 0. The lowest BCUT2D eigenvalue weighted by Gasteiger charge is -2.37. The minimum atomic E-state index is -0.392. The highest BCUT2D eigenvalue weighted by molar-refractivity contribution is 5.35. The SMILES string of the molecule is O=[N+]([O-])c1ccc(OCCCN2CCCC(N3CCCC3)C2)cc1. The topological polar surface area (TPSA) is 58.9 Å². The summed E-state index contributed by atoms with van der Waals surface area (Å²) >= 11 is 0. The molecule has 1 aromatic carbocycles. The van der Waals surface area contributed by atoms with E-state index in [1.165, 1.54) is 64.0 Å². The molecular formula is C18H27N3O3. The third-order valence-electron chi connectivity index (χ3n) is 5.07. The summed E-state index contributed by atoms with van der Waals surface area (Å²) in [6.45, 7) is 6.67. The van der Waals surface area contributed by atoms with Gasteiger partial charge in [-0.2, -0.15) is 0 Å². The zero-order valence-electron chi connectivity index (χ0n) is 14.2. The Bertz CT molecular complexity index is 529. The van der Waals surface area contributed by atoms with Crippen LogP contribution in [0.3, 0.4) is 0 Å². The number of nitro benzene ring substituents is 1. The maximum Gasteiger partial charge on any atom is 0.269 e. The van der Waals surface area contributed by atoms with Crippen molar-refractivity contribution in [1.82, 2.24) is 9.80 Å². The second kappa shape index (κ2) is 8.44. The molecule has 0 saturated carbocycles. The van der Waals surface area contributed by atoms with Crippen LogP contribution in [0.1, 0.15) is 32.1 Å². The number of benzene rings is 1. The van der Waals surface area contributed by atoms with E-state index in [1.54, 1.807) is 12.1 Å². The smallest absolute Gasteiger partial charge is 0.269 e. The lowest BCUT2D eigenvalue weighted by Crippen LogP contribution is -2.47. The van der Waals surface area contributed by atoms with Gasteiger partial charge >= 0.3 is 0 Å². The van der Waals surface area contributed by atoms with Crippen molar-refractivity contribution in [2.75, 3.05) is 39.3 Å². The maximum absolute atomic E-state index is 10.6. The van der Waals surface area contributed by atoms with Gasteiger partial charge in [-0.1, -0.05) is 0 Å². The molecule has 6 heteroatoms. The van der Waals surface area contributed by atoms with Gasteiger partial charge in [-0.15, -0.1) is 0 Å². The highest BCUT2D eigenvalue weighted by Crippen LogP contribution is 2.21. The lowest BCUT2D eigenvalue weighted by atomic mass is 10.0. The van der Waals surface area contributed by atoms with Crippen LogP contribution in [0.25, 0.3) is 0 Å².